The smallest absolute Gasteiger partial charge is 0.227 e. The molecular weight excluding hydrogens is 356 g/mol. The van der Waals surface area contributed by atoms with Gasteiger partial charge < -0.3 is 14.2 Å². The summed E-state index contributed by atoms with van der Waals surface area (Å²) in [4.78, 5) is 3.82. The minimum absolute atomic E-state index is 0.362. The molecule has 1 aliphatic heterocycles. The van der Waals surface area contributed by atoms with Crippen molar-refractivity contribution in [1.29, 1.82) is 0 Å². The summed E-state index contributed by atoms with van der Waals surface area (Å²) in [5, 5.41) is 11.3. The van der Waals surface area contributed by atoms with Crippen molar-refractivity contribution in [3.63, 3.8) is 0 Å². The van der Waals surface area contributed by atoms with Crippen molar-refractivity contribution in [3.05, 3.63) is 63.6 Å². The third kappa shape index (κ3) is 3.17. The molecule has 140 valence electrons. The van der Waals surface area contributed by atoms with E-state index >= 15 is 0 Å². The molecule has 3 aromatic rings. The Morgan fingerprint density at radius 1 is 1.15 bits per heavy atom. The van der Waals surface area contributed by atoms with Crippen LogP contribution in [0.25, 0.3) is 0 Å². The van der Waals surface area contributed by atoms with E-state index < -0.39 is 0 Å². The van der Waals surface area contributed by atoms with Crippen LogP contribution in [-0.4, -0.2) is 34.0 Å². The second-order valence-corrected chi connectivity index (χ2v) is 8.55. The molecule has 0 spiro atoms. The molecule has 1 fully saturated rings. The highest BCUT2D eigenvalue weighted by molar-refractivity contribution is 7.09. The monoisotopic (exact) mass is 380 g/mol. The lowest BCUT2D eigenvalue weighted by Gasteiger charge is -2.29. The topological polar surface area (TPSA) is 43.2 Å². The van der Waals surface area contributed by atoms with E-state index in [-0.39, 0.29) is 0 Å². The lowest BCUT2D eigenvalue weighted by atomic mass is 10.1. The van der Waals surface area contributed by atoms with E-state index in [1.54, 1.807) is 0 Å². The number of aromatic nitrogens is 3. The molecule has 0 amide bonds. The second kappa shape index (κ2) is 7.09. The van der Waals surface area contributed by atoms with Gasteiger partial charge in [0.2, 0.25) is 5.95 Å². The first-order valence-corrected chi connectivity index (χ1v) is 10.5. The SMILES string of the molecule is Cn1c(C2CCOC2)nnc1N(Cc1cccs1)C1Cc2ccccc2C1. The normalized spacial score (nSPS) is 19.5. The van der Waals surface area contributed by atoms with Crippen molar-refractivity contribution in [1.82, 2.24) is 14.8 Å². The number of hydrogen-bond donors (Lipinski definition) is 0. The Kier molecular flexibility index (Phi) is 4.45. The van der Waals surface area contributed by atoms with Crippen LogP contribution in [0.5, 0.6) is 0 Å². The van der Waals surface area contributed by atoms with Crippen LogP contribution in [0.1, 0.15) is 34.2 Å². The van der Waals surface area contributed by atoms with Crippen molar-refractivity contribution in [2.75, 3.05) is 18.1 Å². The molecule has 2 aliphatic rings. The highest BCUT2D eigenvalue weighted by atomic mass is 32.1. The quantitative estimate of drug-likeness (QED) is 0.679. The zero-order valence-electron chi connectivity index (χ0n) is 15.5. The third-order valence-corrected chi connectivity index (χ3v) is 6.67. The van der Waals surface area contributed by atoms with Gasteiger partial charge in [-0.1, -0.05) is 30.3 Å². The van der Waals surface area contributed by atoms with Gasteiger partial charge in [0.25, 0.3) is 0 Å². The van der Waals surface area contributed by atoms with Crippen LogP contribution >= 0.6 is 11.3 Å². The van der Waals surface area contributed by atoms with Gasteiger partial charge in [-0.25, -0.2) is 0 Å². The predicted molar refractivity (Wildman–Crippen MR) is 107 cm³/mol. The van der Waals surface area contributed by atoms with E-state index in [1.807, 2.05) is 11.3 Å². The van der Waals surface area contributed by atoms with Gasteiger partial charge in [-0.2, -0.15) is 0 Å². The van der Waals surface area contributed by atoms with Gasteiger partial charge in [-0.15, -0.1) is 21.5 Å². The molecule has 0 bridgehead atoms. The lowest BCUT2D eigenvalue weighted by molar-refractivity contribution is 0.193. The summed E-state index contributed by atoms with van der Waals surface area (Å²) in [6.07, 6.45) is 3.17. The number of rotatable bonds is 5. The van der Waals surface area contributed by atoms with Gasteiger partial charge in [0.1, 0.15) is 5.82 Å². The fraction of sp³-hybridized carbons (Fsp3) is 0.429. The van der Waals surface area contributed by atoms with Crippen molar-refractivity contribution >= 4 is 17.3 Å². The largest absolute Gasteiger partial charge is 0.381 e. The van der Waals surface area contributed by atoms with E-state index in [0.29, 0.717) is 12.0 Å². The minimum Gasteiger partial charge on any atom is -0.381 e. The van der Waals surface area contributed by atoms with E-state index in [2.05, 4.69) is 68.5 Å². The minimum atomic E-state index is 0.362. The molecule has 3 heterocycles. The number of benzene rings is 1. The van der Waals surface area contributed by atoms with Gasteiger partial charge in [0, 0.05) is 30.5 Å². The number of hydrogen-bond acceptors (Lipinski definition) is 5. The maximum Gasteiger partial charge on any atom is 0.227 e. The Morgan fingerprint density at radius 2 is 1.96 bits per heavy atom. The molecule has 27 heavy (non-hydrogen) atoms. The fourth-order valence-electron chi connectivity index (χ4n) is 4.37. The maximum absolute atomic E-state index is 5.57. The number of fused-ring (bicyclic) bond motifs is 1. The highest BCUT2D eigenvalue weighted by Gasteiger charge is 2.32. The van der Waals surface area contributed by atoms with Crippen molar-refractivity contribution in [3.8, 4) is 0 Å². The molecule has 1 atom stereocenters. The first-order valence-electron chi connectivity index (χ1n) is 9.62. The summed E-state index contributed by atoms with van der Waals surface area (Å²) in [5.74, 6) is 2.39. The summed E-state index contributed by atoms with van der Waals surface area (Å²) in [7, 11) is 2.10. The second-order valence-electron chi connectivity index (χ2n) is 7.52. The first kappa shape index (κ1) is 17.0. The first-order chi connectivity index (χ1) is 13.3. The maximum atomic E-state index is 5.57. The Hall–Kier alpha value is -2.18. The average Bonchev–Trinajstić information content (AvgIpc) is 3.45. The highest BCUT2D eigenvalue weighted by Crippen LogP contribution is 2.32. The third-order valence-electron chi connectivity index (χ3n) is 5.81. The molecule has 1 saturated heterocycles. The number of thiophene rings is 1. The van der Waals surface area contributed by atoms with Crippen LogP contribution in [0.4, 0.5) is 5.95 Å². The average molecular weight is 381 g/mol. The summed E-state index contributed by atoms with van der Waals surface area (Å²) >= 11 is 1.81. The molecule has 1 aromatic carbocycles. The summed E-state index contributed by atoms with van der Waals surface area (Å²) < 4.78 is 7.76. The predicted octanol–water partition coefficient (Wildman–Crippen LogP) is 3.55. The molecule has 2 aromatic heterocycles. The van der Waals surface area contributed by atoms with E-state index in [0.717, 1.165) is 50.8 Å². The number of ether oxygens (including phenoxy) is 1. The Morgan fingerprint density at radius 3 is 2.63 bits per heavy atom. The van der Waals surface area contributed by atoms with E-state index in [4.69, 9.17) is 4.74 Å². The lowest BCUT2D eigenvalue weighted by Crippen LogP contribution is -2.37. The summed E-state index contributed by atoms with van der Waals surface area (Å²) in [6.45, 7) is 2.46. The fourth-order valence-corrected chi connectivity index (χ4v) is 5.07. The van der Waals surface area contributed by atoms with Gasteiger partial charge in [0.05, 0.1) is 13.2 Å². The summed E-state index contributed by atoms with van der Waals surface area (Å²) in [6, 6.07) is 13.6. The van der Waals surface area contributed by atoms with Crippen LogP contribution in [0, 0.1) is 0 Å². The molecule has 0 radical (unpaired) electrons. The van der Waals surface area contributed by atoms with Crippen molar-refractivity contribution in [2.45, 2.75) is 37.8 Å². The summed E-state index contributed by atoms with van der Waals surface area (Å²) in [5.41, 5.74) is 2.93. The molecule has 1 unspecified atom stereocenters. The Bertz CT molecular complexity index is 889. The van der Waals surface area contributed by atoms with Gasteiger partial charge in [0.15, 0.2) is 0 Å². The van der Waals surface area contributed by atoms with Crippen LogP contribution in [-0.2, 0) is 31.2 Å². The molecule has 5 nitrogen and oxygen atoms in total. The van der Waals surface area contributed by atoms with Crippen LogP contribution in [0.2, 0.25) is 0 Å². The zero-order valence-corrected chi connectivity index (χ0v) is 16.4. The van der Waals surface area contributed by atoms with Gasteiger partial charge >= 0.3 is 0 Å². The van der Waals surface area contributed by atoms with E-state index in [1.165, 1.54) is 16.0 Å². The van der Waals surface area contributed by atoms with Crippen LogP contribution < -0.4 is 4.90 Å². The Labute approximate surface area is 163 Å². The van der Waals surface area contributed by atoms with Crippen LogP contribution in [0.15, 0.2) is 41.8 Å². The van der Waals surface area contributed by atoms with Gasteiger partial charge in [-0.3, -0.25) is 0 Å². The van der Waals surface area contributed by atoms with E-state index in [9.17, 15) is 0 Å². The molecule has 0 saturated carbocycles. The zero-order chi connectivity index (χ0) is 18.2. The molecule has 1 aliphatic carbocycles. The molecule has 0 N–H and O–H groups in total. The van der Waals surface area contributed by atoms with Crippen molar-refractivity contribution in [2.24, 2.45) is 7.05 Å². The van der Waals surface area contributed by atoms with Crippen molar-refractivity contribution < 1.29 is 4.74 Å². The molecule has 6 heteroatoms. The standard InChI is InChI=1S/C21H24N4OS/c1-24-20(17-8-9-26-14-17)22-23-21(24)25(13-19-7-4-10-27-19)18-11-15-5-2-3-6-16(15)12-18/h2-7,10,17-18H,8-9,11-14H2,1H3. The molecule has 5 rings (SSSR count). The number of anilines is 1. The molecular formula is C21H24N4OS. The van der Waals surface area contributed by atoms with Crippen LogP contribution in [0.3, 0.4) is 0 Å². The number of nitrogens with zero attached hydrogens (tertiary/aromatic N) is 4. The Balaban J connectivity index is 1.47. The van der Waals surface area contributed by atoms with Gasteiger partial charge in [-0.05, 0) is 41.8 Å².